The molecule has 1 heterocycles. The number of amides is 1. The van der Waals surface area contributed by atoms with Gasteiger partial charge in [-0.3, -0.25) is 4.79 Å². The molecule has 1 N–H and O–H groups in total. The van der Waals surface area contributed by atoms with Gasteiger partial charge in [-0.1, -0.05) is 60.5 Å². The maximum atomic E-state index is 14.4. The molecule has 200 valence electrons. The molecular formula is C29H36Cl2N2O3S. The Morgan fingerprint density at radius 2 is 1.78 bits per heavy atom. The van der Waals surface area contributed by atoms with Crippen LogP contribution in [0.25, 0.3) is 0 Å². The summed E-state index contributed by atoms with van der Waals surface area (Å²) in [4.78, 5) is 16.4. The minimum absolute atomic E-state index is 0.0336. The summed E-state index contributed by atoms with van der Waals surface area (Å²) in [5, 5.41) is 0.711. The first kappa shape index (κ1) is 28.2. The van der Waals surface area contributed by atoms with Crippen molar-refractivity contribution < 1.29 is 13.2 Å². The van der Waals surface area contributed by atoms with Crippen molar-refractivity contribution in [2.75, 3.05) is 6.54 Å². The van der Waals surface area contributed by atoms with E-state index < -0.39 is 20.7 Å². The van der Waals surface area contributed by atoms with Gasteiger partial charge in [-0.25, -0.2) is 13.1 Å². The van der Waals surface area contributed by atoms with Crippen LogP contribution >= 0.6 is 23.2 Å². The van der Waals surface area contributed by atoms with E-state index in [0.29, 0.717) is 22.9 Å². The first-order chi connectivity index (χ1) is 17.5. The van der Waals surface area contributed by atoms with Gasteiger partial charge >= 0.3 is 0 Å². The number of carbonyl (C=O) groups excluding carboxylic acids is 1. The van der Waals surface area contributed by atoms with E-state index in [-0.39, 0.29) is 36.4 Å². The van der Waals surface area contributed by atoms with Crippen molar-refractivity contribution in [3.63, 3.8) is 0 Å². The lowest BCUT2D eigenvalue weighted by Crippen LogP contribution is -2.58. The summed E-state index contributed by atoms with van der Waals surface area (Å²) in [6.07, 6.45) is 4.89. The van der Waals surface area contributed by atoms with Gasteiger partial charge in [-0.15, -0.1) is 6.58 Å². The number of benzene rings is 2. The van der Waals surface area contributed by atoms with Crippen LogP contribution in [0.3, 0.4) is 0 Å². The highest BCUT2D eigenvalue weighted by Gasteiger charge is 2.53. The molecule has 0 spiro atoms. The summed E-state index contributed by atoms with van der Waals surface area (Å²) >= 11 is 12.7. The third-order valence-corrected chi connectivity index (χ3v) is 10.1. The van der Waals surface area contributed by atoms with Gasteiger partial charge in [0.1, 0.15) is 0 Å². The molecule has 0 radical (unpaired) electrons. The zero-order valence-electron chi connectivity index (χ0n) is 21.7. The van der Waals surface area contributed by atoms with Crippen LogP contribution in [-0.2, 0) is 14.8 Å². The van der Waals surface area contributed by atoms with E-state index in [0.717, 1.165) is 24.0 Å². The first-order valence-corrected chi connectivity index (χ1v) is 15.2. The number of hydrogen-bond donors (Lipinski definition) is 1. The van der Waals surface area contributed by atoms with E-state index in [9.17, 15) is 13.2 Å². The molecule has 2 aromatic carbocycles. The Morgan fingerprint density at radius 3 is 2.35 bits per heavy atom. The maximum absolute atomic E-state index is 14.4. The van der Waals surface area contributed by atoms with Crippen molar-refractivity contribution >= 4 is 39.1 Å². The zero-order valence-corrected chi connectivity index (χ0v) is 24.0. The lowest BCUT2D eigenvalue weighted by molar-refractivity contribution is -0.155. The van der Waals surface area contributed by atoms with E-state index in [4.69, 9.17) is 23.2 Å². The Hall–Kier alpha value is -1.86. The van der Waals surface area contributed by atoms with Crippen molar-refractivity contribution in [2.24, 2.45) is 11.3 Å². The number of hydrogen-bond acceptors (Lipinski definition) is 3. The molecule has 4 rings (SSSR count). The number of allylic oxidation sites excluding steroid dienone is 1. The molecule has 1 unspecified atom stereocenters. The monoisotopic (exact) mass is 562 g/mol. The summed E-state index contributed by atoms with van der Waals surface area (Å²) in [6, 6.07) is 14.9. The Morgan fingerprint density at radius 1 is 1.11 bits per heavy atom. The van der Waals surface area contributed by atoms with Crippen molar-refractivity contribution in [3.8, 4) is 0 Å². The minimum Gasteiger partial charge on any atom is -0.330 e. The van der Waals surface area contributed by atoms with Crippen LogP contribution in [-0.4, -0.2) is 37.1 Å². The Bertz CT molecular complexity index is 1240. The predicted octanol–water partition coefficient (Wildman–Crippen LogP) is 6.74. The van der Waals surface area contributed by atoms with Crippen LogP contribution in [0.1, 0.15) is 69.5 Å². The van der Waals surface area contributed by atoms with Crippen LogP contribution in [0.15, 0.2) is 61.2 Å². The molecule has 0 bridgehead atoms. The molecule has 1 amide bonds. The summed E-state index contributed by atoms with van der Waals surface area (Å²) in [5.41, 5.74) is 1.35. The van der Waals surface area contributed by atoms with Gasteiger partial charge in [0.05, 0.1) is 16.7 Å². The standard InChI is InChI=1S/C29H36Cl2N2O3S/c1-5-15-29(4)17-25(22-7-6-8-24(31)16-22)27(21-11-13-23(30)14-12-21)33(28(29)34)26(20-9-10-20)18-32-37(35,36)19(2)3/h5-8,11-14,16,19-20,25-27,32H,1,9-10,15,17-18H2,2-4H3/t25-,26?,27-,29+/m1/s1. The molecule has 1 aliphatic carbocycles. The molecule has 4 atom stereocenters. The molecule has 2 aliphatic rings. The lowest BCUT2D eigenvalue weighted by Gasteiger charge is -2.52. The van der Waals surface area contributed by atoms with Gasteiger partial charge in [-0.05, 0) is 80.8 Å². The van der Waals surface area contributed by atoms with Gasteiger partial charge in [-0.2, -0.15) is 0 Å². The van der Waals surface area contributed by atoms with E-state index in [2.05, 4.69) is 17.4 Å². The largest absolute Gasteiger partial charge is 0.330 e. The number of sulfonamides is 1. The second kappa shape index (κ2) is 11.1. The molecule has 37 heavy (non-hydrogen) atoms. The molecule has 5 nitrogen and oxygen atoms in total. The van der Waals surface area contributed by atoms with Crippen LogP contribution in [0.5, 0.6) is 0 Å². The number of nitrogens with one attached hydrogen (secondary N) is 1. The Labute approximate surface area is 231 Å². The third-order valence-electron chi connectivity index (χ3n) is 7.82. The number of likely N-dealkylation sites (tertiary alicyclic amines) is 1. The van der Waals surface area contributed by atoms with E-state index in [1.54, 1.807) is 19.9 Å². The Kier molecular flexibility index (Phi) is 8.44. The van der Waals surface area contributed by atoms with Gasteiger partial charge in [0, 0.05) is 28.5 Å². The molecule has 8 heteroatoms. The fourth-order valence-corrected chi connectivity index (χ4v) is 6.65. The van der Waals surface area contributed by atoms with Gasteiger partial charge < -0.3 is 4.90 Å². The average Bonchev–Trinajstić information content (AvgIpc) is 3.68. The SMILES string of the molecule is C=CC[C@@]1(C)C[C@H](c2cccc(Cl)c2)[C@@H](c2ccc(Cl)cc2)N(C(CNS(=O)(=O)C(C)C)C2CC2)C1=O. The number of piperidine rings is 1. The maximum Gasteiger partial charge on any atom is 0.229 e. The van der Waals surface area contributed by atoms with Crippen molar-refractivity contribution in [1.29, 1.82) is 0 Å². The highest BCUT2D eigenvalue weighted by molar-refractivity contribution is 7.90. The minimum atomic E-state index is -3.49. The van der Waals surface area contributed by atoms with E-state index in [1.165, 1.54) is 0 Å². The average molecular weight is 564 g/mol. The number of nitrogens with zero attached hydrogens (tertiary/aromatic N) is 1. The second-order valence-corrected chi connectivity index (χ2v) is 14.2. The second-order valence-electron chi connectivity index (χ2n) is 11.0. The van der Waals surface area contributed by atoms with Crippen LogP contribution in [0.4, 0.5) is 0 Å². The highest BCUT2D eigenvalue weighted by atomic mass is 35.5. The van der Waals surface area contributed by atoms with Crippen LogP contribution in [0, 0.1) is 11.3 Å². The molecular weight excluding hydrogens is 527 g/mol. The fraction of sp³-hybridized carbons (Fsp3) is 0.483. The third kappa shape index (κ3) is 6.08. The smallest absolute Gasteiger partial charge is 0.229 e. The number of halogens is 2. The van der Waals surface area contributed by atoms with E-state index in [1.807, 2.05) is 54.3 Å². The summed E-state index contributed by atoms with van der Waals surface area (Å²) in [7, 11) is -3.49. The van der Waals surface area contributed by atoms with E-state index >= 15 is 0 Å². The molecule has 1 aliphatic heterocycles. The summed E-state index contributed by atoms with van der Waals surface area (Å²) in [6.45, 7) is 9.45. The molecule has 1 saturated carbocycles. The summed E-state index contributed by atoms with van der Waals surface area (Å²) in [5.74, 6) is 0.219. The topological polar surface area (TPSA) is 66.5 Å². The van der Waals surface area contributed by atoms with Gasteiger partial charge in [0.25, 0.3) is 0 Å². The molecule has 2 fully saturated rings. The normalized spacial score (nSPS) is 25.4. The molecule has 0 aromatic heterocycles. The predicted molar refractivity (Wildman–Crippen MR) is 151 cm³/mol. The highest BCUT2D eigenvalue weighted by Crippen LogP contribution is 2.54. The van der Waals surface area contributed by atoms with Crippen molar-refractivity contribution in [1.82, 2.24) is 9.62 Å². The zero-order chi connectivity index (χ0) is 27.0. The van der Waals surface area contributed by atoms with Crippen molar-refractivity contribution in [3.05, 3.63) is 82.4 Å². The van der Waals surface area contributed by atoms with Crippen molar-refractivity contribution in [2.45, 2.75) is 69.7 Å². The van der Waals surface area contributed by atoms with Crippen LogP contribution < -0.4 is 4.72 Å². The van der Waals surface area contributed by atoms with Crippen LogP contribution in [0.2, 0.25) is 10.0 Å². The quantitative estimate of drug-likeness (QED) is 0.326. The molecule has 2 aromatic rings. The Balaban J connectivity index is 1.87. The van der Waals surface area contributed by atoms with Gasteiger partial charge in [0.15, 0.2) is 0 Å². The number of rotatable bonds is 10. The molecule has 1 saturated heterocycles. The summed E-state index contributed by atoms with van der Waals surface area (Å²) < 4.78 is 28.3. The fourth-order valence-electron chi connectivity index (χ4n) is 5.59. The first-order valence-electron chi connectivity index (χ1n) is 12.9. The lowest BCUT2D eigenvalue weighted by atomic mass is 9.67. The number of carbonyl (C=O) groups is 1. The van der Waals surface area contributed by atoms with Gasteiger partial charge in [0.2, 0.25) is 15.9 Å².